The second-order valence-corrected chi connectivity index (χ2v) is 10.9. The molecule has 0 bridgehead atoms. The van der Waals surface area contributed by atoms with E-state index in [0.29, 0.717) is 29.3 Å². The molecule has 2 N–H and O–H groups in total. The summed E-state index contributed by atoms with van der Waals surface area (Å²) in [6, 6.07) is 23.3. The van der Waals surface area contributed by atoms with Crippen LogP contribution < -0.4 is 9.62 Å². The lowest BCUT2D eigenvalue weighted by Gasteiger charge is -2.23. The van der Waals surface area contributed by atoms with Gasteiger partial charge >= 0.3 is 5.97 Å². The highest BCUT2D eigenvalue weighted by atomic mass is 35.5. The molecule has 10 heteroatoms. The summed E-state index contributed by atoms with van der Waals surface area (Å²) in [5.74, 6) is -1.61. The quantitative estimate of drug-likeness (QED) is 0.287. The molecule has 37 heavy (non-hydrogen) atoms. The van der Waals surface area contributed by atoms with E-state index >= 15 is 0 Å². The van der Waals surface area contributed by atoms with E-state index in [1.165, 1.54) is 30.3 Å². The highest BCUT2D eigenvalue weighted by Crippen LogP contribution is 2.31. The summed E-state index contributed by atoms with van der Waals surface area (Å²) < 4.78 is 27.6. The Bertz CT molecular complexity index is 1560. The summed E-state index contributed by atoms with van der Waals surface area (Å²) in [6.07, 6.45) is 0.678. The fourth-order valence-corrected chi connectivity index (χ4v) is 6.06. The molecule has 0 fully saturated rings. The number of aliphatic carboxylic acids is 1. The van der Waals surface area contributed by atoms with Crippen LogP contribution in [0.4, 0.5) is 5.69 Å². The molecule has 0 aromatic heterocycles. The van der Waals surface area contributed by atoms with E-state index in [0.717, 1.165) is 9.87 Å². The van der Waals surface area contributed by atoms with Crippen molar-refractivity contribution in [2.45, 2.75) is 11.3 Å². The number of hydrogen-bond donors (Lipinski definition) is 2. The second kappa shape index (κ2) is 11.2. The third-order valence-corrected chi connectivity index (χ3v) is 7.83. The van der Waals surface area contributed by atoms with Crippen molar-refractivity contribution in [3.8, 4) is 0 Å². The predicted molar refractivity (Wildman–Crippen MR) is 145 cm³/mol. The van der Waals surface area contributed by atoms with Crippen LogP contribution in [0.2, 0.25) is 10.0 Å². The Labute approximate surface area is 224 Å². The number of carbonyl (C=O) groups is 2. The number of carboxylic acids is 1. The second-order valence-electron chi connectivity index (χ2n) is 8.21. The van der Waals surface area contributed by atoms with Crippen molar-refractivity contribution < 1.29 is 23.1 Å². The molecule has 0 radical (unpaired) electrons. The standard InChI is InChI=1S/C27H22Cl2N2O5S/c28-20-14-21(29)16-23(15-20)37(35,36)31(17-26(32)33)22-9-10-24-19(13-22)7-4-8-25(24)27(34)30-12-11-18-5-2-1-3-6-18/h1-10,13-16H,11-12,17H2,(H,30,34)(H,32,33). The molecule has 0 saturated heterocycles. The summed E-state index contributed by atoms with van der Waals surface area (Å²) in [6.45, 7) is -0.373. The van der Waals surface area contributed by atoms with Gasteiger partial charge in [-0.2, -0.15) is 0 Å². The number of halogens is 2. The maximum absolute atomic E-state index is 13.4. The molecule has 4 aromatic carbocycles. The van der Waals surface area contributed by atoms with Crippen molar-refractivity contribution in [1.29, 1.82) is 0 Å². The number of nitrogens with one attached hydrogen (secondary N) is 1. The monoisotopic (exact) mass is 556 g/mol. The zero-order valence-corrected chi connectivity index (χ0v) is 21.7. The highest BCUT2D eigenvalue weighted by Gasteiger charge is 2.28. The first kappa shape index (κ1) is 26.5. The first-order chi connectivity index (χ1) is 17.6. The lowest BCUT2D eigenvalue weighted by atomic mass is 10.0. The molecule has 1 amide bonds. The zero-order valence-electron chi connectivity index (χ0n) is 19.4. The van der Waals surface area contributed by atoms with Gasteiger partial charge in [0.15, 0.2) is 0 Å². The van der Waals surface area contributed by atoms with Gasteiger partial charge < -0.3 is 10.4 Å². The molecule has 190 valence electrons. The maximum atomic E-state index is 13.4. The van der Waals surface area contributed by atoms with Gasteiger partial charge in [-0.1, -0.05) is 71.7 Å². The highest BCUT2D eigenvalue weighted by molar-refractivity contribution is 7.92. The van der Waals surface area contributed by atoms with Gasteiger partial charge in [0.1, 0.15) is 6.54 Å². The van der Waals surface area contributed by atoms with Crippen molar-refractivity contribution in [3.05, 3.63) is 106 Å². The van der Waals surface area contributed by atoms with E-state index in [-0.39, 0.29) is 26.5 Å². The van der Waals surface area contributed by atoms with E-state index in [4.69, 9.17) is 23.2 Å². The molecule has 7 nitrogen and oxygen atoms in total. The zero-order chi connectivity index (χ0) is 26.6. The summed E-state index contributed by atoms with van der Waals surface area (Å²) in [5, 5.41) is 13.7. The molecule has 0 atom stereocenters. The lowest BCUT2D eigenvalue weighted by Crippen LogP contribution is -2.35. The maximum Gasteiger partial charge on any atom is 0.324 e. The third kappa shape index (κ3) is 6.22. The van der Waals surface area contributed by atoms with E-state index in [2.05, 4.69) is 5.32 Å². The molecule has 0 unspecified atom stereocenters. The van der Waals surface area contributed by atoms with Crippen LogP contribution in [0.25, 0.3) is 10.8 Å². The third-order valence-electron chi connectivity index (χ3n) is 5.64. The van der Waals surface area contributed by atoms with Crippen LogP contribution in [0.15, 0.2) is 89.8 Å². The average Bonchev–Trinajstić information content (AvgIpc) is 2.86. The number of sulfonamides is 1. The van der Waals surface area contributed by atoms with Crippen LogP contribution in [0.5, 0.6) is 0 Å². The van der Waals surface area contributed by atoms with E-state index in [1.54, 1.807) is 24.3 Å². The Kier molecular flexibility index (Phi) is 8.02. The van der Waals surface area contributed by atoms with Crippen molar-refractivity contribution in [2.24, 2.45) is 0 Å². The predicted octanol–water partition coefficient (Wildman–Crippen LogP) is 5.40. The number of hydrogen-bond acceptors (Lipinski definition) is 4. The van der Waals surface area contributed by atoms with Gasteiger partial charge in [-0.05, 0) is 59.2 Å². The molecular weight excluding hydrogens is 535 g/mol. The minimum Gasteiger partial charge on any atom is -0.480 e. The normalized spacial score (nSPS) is 11.3. The summed E-state index contributed by atoms with van der Waals surface area (Å²) in [7, 11) is -4.32. The molecule has 4 rings (SSSR count). The number of carbonyl (C=O) groups excluding carboxylic acids is 1. The van der Waals surface area contributed by atoms with Crippen LogP contribution in [0, 0.1) is 0 Å². The minimum absolute atomic E-state index is 0.0998. The molecule has 4 aromatic rings. The molecule has 0 heterocycles. The molecule has 0 aliphatic carbocycles. The van der Waals surface area contributed by atoms with Gasteiger partial charge in [-0.15, -0.1) is 0 Å². The number of carboxylic acid groups (broad SMARTS) is 1. The molecule has 0 aliphatic rings. The Morgan fingerprint density at radius 1 is 0.865 bits per heavy atom. The van der Waals surface area contributed by atoms with Crippen molar-refractivity contribution in [3.63, 3.8) is 0 Å². The SMILES string of the molecule is O=C(O)CN(c1ccc2c(C(=O)NCCc3ccccc3)cccc2c1)S(=O)(=O)c1cc(Cl)cc(Cl)c1. The smallest absolute Gasteiger partial charge is 0.324 e. The molecule has 0 spiro atoms. The first-order valence-electron chi connectivity index (χ1n) is 11.2. The number of rotatable bonds is 9. The topological polar surface area (TPSA) is 104 Å². The fourth-order valence-electron chi connectivity index (χ4n) is 3.93. The largest absolute Gasteiger partial charge is 0.480 e. The van der Waals surface area contributed by atoms with Gasteiger partial charge in [0.2, 0.25) is 0 Å². The van der Waals surface area contributed by atoms with Gasteiger partial charge in [0.25, 0.3) is 15.9 Å². The van der Waals surface area contributed by atoms with Crippen LogP contribution in [0.3, 0.4) is 0 Å². The van der Waals surface area contributed by atoms with Crippen molar-refractivity contribution >= 4 is 61.6 Å². The van der Waals surface area contributed by atoms with Crippen LogP contribution in [-0.2, 0) is 21.2 Å². The van der Waals surface area contributed by atoms with Crippen LogP contribution in [0.1, 0.15) is 15.9 Å². The van der Waals surface area contributed by atoms with Gasteiger partial charge in [0, 0.05) is 22.2 Å². The van der Waals surface area contributed by atoms with Crippen molar-refractivity contribution in [1.82, 2.24) is 5.32 Å². The number of amides is 1. The lowest BCUT2D eigenvalue weighted by molar-refractivity contribution is -0.135. The Morgan fingerprint density at radius 3 is 2.24 bits per heavy atom. The van der Waals surface area contributed by atoms with E-state index in [1.807, 2.05) is 30.3 Å². The summed E-state index contributed by atoms with van der Waals surface area (Å²) in [5.41, 5.74) is 1.64. The van der Waals surface area contributed by atoms with Gasteiger partial charge in [-0.25, -0.2) is 8.42 Å². The molecular formula is C27H22Cl2N2O5S. The Morgan fingerprint density at radius 2 is 1.57 bits per heavy atom. The molecule has 0 saturated carbocycles. The Balaban J connectivity index is 1.65. The van der Waals surface area contributed by atoms with Crippen LogP contribution >= 0.6 is 23.2 Å². The first-order valence-corrected chi connectivity index (χ1v) is 13.4. The van der Waals surface area contributed by atoms with Crippen LogP contribution in [-0.4, -0.2) is 38.5 Å². The van der Waals surface area contributed by atoms with E-state index in [9.17, 15) is 23.1 Å². The minimum atomic E-state index is -4.32. The van der Waals surface area contributed by atoms with Gasteiger partial charge in [0.05, 0.1) is 10.6 Å². The van der Waals surface area contributed by atoms with E-state index < -0.39 is 22.5 Å². The number of anilines is 1. The fraction of sp³-hybridized carbons (Fsp3) is 0.111. The Hall–Kier alpha value is -3.59. The number of benzene rings is 4. The number of fused-ring (bicyclic) bond motifs is 1. The summed E-state index contributed by atoms with van der Waals surface area (Å²) in [4.78, 5) is 24.3. The van der Waals surface area contributed by atoms with Crippen molar-refractivity contribution in [2.75, 3.05) is 17.4 Å². The molecule has 0 aliphatic heterocycles. The average molecular weight is 557 g/mol. The van der Waals surface area contributed by atoms with Gasteiger partial charge in [-0.3, -0.25) is 13.9 Å². The summed E-state index contributed by atoms with van der Waals surface area (Å²) >= 11 is 12.0. The number of nitrogens with zero attached hydrogens (tertiary/aromatic N) is 1.